The minimum absolute atomic E-state index is 0.134. The van der Waals surface area contributed by atoms with Gasteiger partial charge in [-0.1, -0.05) is 48.0 Å². The predicted molar refractivity (Wildman–Crippen MR) is 186 cm³/mol. The molecule has 0 aliphatic carbocycles. The summed E-state index contributed by atoms with van der Waals surface area (Å²) in [5.74, 6) is -0.425. The maximum Gasteiger partial charge on any atom is 0.287 e. The lowest BCUT2D eigenvalue weighted by Crippen LogP contribution is -2.52. The zero-order valence-corrected chi connectivity index (χ0v) is 28.8. The quantitative estimate of drug-likeness (QED) is 0.344. The Hall–Kier alpha value is -4.10. The van der Waals surface area contributed by atoms with Crippen LogP contribution >= 0.6 is 11.6 Å². The van der Waals surface area contributed by atoms with Crippen molar-refractivity contribution in [3.05, 3.63) is 91.9 Å². The summed E-state index contributed by atoms with van der Waals surface area (Å²) in [7, 11) is 3.72. The van der Waals surface area contributed by atoms with Gasteiger partial charge in [-0.3, -0.25) is 34.3 Å². The highest BCUT2D eigenvalue weighted by Crippen LogP contribution is 2.31. The number of carbonyl (C=O) groups is 3. The van der Waals surface area contributed by atoms with Gasteiger partial charge >= 0.3 is 0 Å². The van der Waals surface area contributed by atoms with Crippen LogP contribution in [0.15, 0.2) is 53.5 Å². The van der Waals surface area contributed by atoms with E-state index in [-0.39, 0.29) is 40.8 Å². The zero-order valence-electron chi connectivity index (χ0n) is 28.0. The third kappa shape index (κ3) is 7.28. The van der Waals surface area contributed by atoms with Crippen LogP contribution in [0.4, 0.5) is 5.69 Å². The first-order valence-electron chi connectivity index (χ1n) is 17.1. The number of fused-ring (bicyclic) bond motifs is 1. The highest BCUT2D eigenvalue weighted by molar-refractivity contribution is 6.32. The van der Waals surface area contributed by atoms with E-state index in [2.05, 4.69) is 67.8 Å². The average molecular weight is 687 g/mol. The summed E-state index contributed by atoms with van der Waals surface area (Å²) in [6.45, 7) is 7.86. The van der Waals surface area contributed by atoms with Crippen LogP contribution in [0.1, 0.15) is 57.8 Å². The highest BCUT2D eigenvalue weighted by Gasteiger charge is 2.39. The second-order valence-electron chi connectivity index (χ2n) is 14.0. The molecule has 0 saturated carbocycles. The number of aromatic nitrogens is 2. The summed E-state index contributed by atoms with van der Waals surface area (Å²) in [6, 6.07) is 14.6. The van der Waals surface area contributed by atoms with Crippen LogP contribution in [0.2, 0.25) is 5.02 Å². The number of likely N-dealkylation sites (tertiary alicyclic amines) is 1. The van der Waals surface area contributed by atoms with Gasteiger partial charge in [0.1, 0.15) is 11.1 Å². The number of nitrogens with zero attached hydrogens (tertiary/aromatic N) is 6. The van der Waals surface area contributed by atoms with Crippen molar-refractivity contribution in [1.82, 2.24) is 34.7 Å². The molecular formula is C36H43ClN8O4. The van der Waals surface area contributed by atoms with Gasteiger partial charge in [0.25, 0.3) is 11.5 Å². The van der Waals surface area contributed by atoms with Crippen molar-refractivity contribution in [1.29, 1.82) is 0 Å². The van der Waals surface area contributed by atoms with Crippen LogP contribution in [-0.2, 0) is 36.3 Å². The van der Waals surface area contributed by atoms with Crippen molar-refractivity contribution < 1.29 is 14.4 Å². The van der Waals surface area contributed by atoms with Gasteiger partial charge in [0.05, 0.1) is 11.9 Å². The van der Waals surface area contributed by atoms with Crippen molar-refractivity contribution in [3.63, 3.8) is 0 Å². The highest BCUT2D eigenvalue weighted by atomic mass is 35.5. The van der Waals surface area contributed by atoms with E-state index >= 15 is 0 Å². The van der Waals surface area contributed by atoms with Crippen LogP contribution in [0.5, 0.6) is 0 Å². The number of anilines is 1. The molecule has 3 saturated heterocycles. The minimum Gasteiger partial charge on any atom is -0.378 e. The number of piperazine rings is 1. The number of hydrogen-bond donors (Lipinski definition) is 2. The normalized spacial score (nSPS) is 23.9. The van der Waals surface area contributed by atoms with E-state index in [9.17, 15) is 19.2 Å². The Labute approximate surface area is 291 Å². The predicted octanol–water partition coefficient (Wildman–Crippen LogP) is 2.41. The lowest BCUT2D eigenvalue weighted by Gasteiger charge is -2.37. The van der Waals surface area contributed by atoms with Crippen LogP contribution < -0.4 is 16.2 Å². The zero-order chi connectivity index (χ0) is 34.2. The van der Waals surface area contributed by atoms with E-state index < -0.39 is 6.04 Å². The van der Waals surface area contributed by atoms with Crippen molar-refractivity contribution in [2.75, 3.05) is 51.6 Å². The number of likely N-dealkylation sites (N-methyl/N-ethyl adjacent to an activating group) is 1. The molecule has 1 unspecified atom stereocenters. The maximum absolute atomic E-state index is 13.1. The lowest BCUT2D eigenvalue weighted by atomic mass is 9.87. The molecule has 13 heteroatoms. The third-order valence-electron chi connectivity index (χ3n) is 10.4. The smallest absolute Gasteiger partial charge is 0.287 e. The van der Waals surface area contributed by atoms with Crippen molar-refractivity contribution in [2.45, 2.75) is 56.9 Å². The van der Waals surface area contributed by atoms with Crippen molar-refractivity contribution in [3.8, 4) is 0 Å². The molecule has 3 amide bonds. The second-order valence-corrected chi connectivity index (χ2v) is 14.4. The summed E-state index contributed by atoms with van der Waals surface area (Å²) in [5, 5.41) is 10.1. The summed E-state index contributed by atoms with van der Waals surface area (Å²) in [4.78, 5) is 58.1. The molecule has 5 heterocycles. The second kappa shape index (κ2) is 14.0. The molecule has 4 aliphatic rings. The molecule has 0 radical (unpaired) electrons. The van der Waals surface area contributed by atoms with E-state index in [1.807, 2.05) is 12.1 Å². The Bertz CT molecular complexity index is 1810. The van der Waals surface area contributed by atoms with E-state index in [4.69, 9.17) is 11.6 Å². The fourth-order valence-electron chi connectivity index (χ4n) is 7.74. The van der Waals surface area contributed by atoms with Crippen molar-refractivity contribution in [2.24, 2.45) is 7.05 Å². The average Bonchev–Trinajstić information content (AvgIpc) is 3.41. The first-order chi connectivity index (χ1) is 23.6. The molecule has 2 N–H and O–H groups in total. The number of piperidine rings is 2. The van der Waals surface area contributed by atoms with Crippen LogP contribution in [0.25, 0.3) is 0 Å². The topological polar surface area (TPSA) is 123 Å². The molecule has 2 aromatic carbocycles. The van der Waals surface area contributed by atoms with Gasteiger partial charge in [-0.05, 0) is 54.1 Å². The molecule has 258 valence electrons. The fraction of sp³-hybridized carbons (Fsp3) is 0.472. The SMILES string of the molecule is CN1C[C@@H](Nc2cnn(C)c(=O)c2Cl)C[C@@H](c2ccc(CN3CCN(Cc4ccc5c(c4)CN(C4CCC(=O)NC4=O)C5=O)CC3)cc2)C1. The summed E-state index contributed by atoms with van der Waals surface area (Å²) >= 11 is 6.32. The van der Waals surface area contributed by atoms with Crippen LogP contribution in [0.3, 0.4) is 0 Å². The monoisotopic (exact) mass is 686 g/mol. The number of aryl methyl sites for hydroxylation is 1. The molecule has 3 atom stereocenters. The molecule has 0 spiro atoms. The first-order valence-corrected chi connectivity index (χ1v) is 17.5. The molecule has 12 nitrogen and oxygen atoms in total. The Morgan fingerprint density at radius 1 is 0.918 bits per heavy atom. The number of nitrogens with one attached hydrogen (secondary N) is 2. The standard InChI is InChI=1S/C36H43ClN8O4/c1-41-20-26(16-28(22-41)39-30-17-38-42(2)36(49)33(30)37)25-6-3-23(4-7-25)18-43-11-13-44(14-12-43)19-24-5-8-29-27(15-24)21-45(35(29)48)31-9-10-32(46)40-34(31)47/h3-8,15,17,26,28,31,39H,9-14,16,18-22H2,1-2H3,(H,40,46,47)/t26-,28+,31?/m1/s1. The van der Waals surface area contributed by atoms with E-state index in [1.165, 1.54) is 21.4 Å². The number of carbonyl (C=O) groups excluding carboxylic acids is 3. The van der Waals surface area contributed by atoms with Gasteiger partial charge < -0.3 is 15.1 Å². The first kappa shape index (κ1) is 33.4. The van der Waals surface area contributed by atoms with E-state index in [0.717, 1.165) is 64.3 Å². The summed E-state index contributed by atoms with van der Waals surface area (Å²) in [5.41, 5.74) is 5.67. The molecule has 1 aromatic heterocycles. The Balaban J connectivity index is 0.893. The van der Waals surface area contributed by atoms with Gasteiger partial charge in [-0.25, -0.2) is 4.68 Å². The van der Waals surface area contributed by atoms with Crippen LogP contribution in [0, 0.1) is 0 Å². The van der Waals surface area contributed by atoms with Gasteiger partial charge in [0.15, 0.2) is 0 Å². The van der Waals surface area contributed by atoms with Crippen molar-refractivity contribution >= 4 is 35.0 Å². The summed E-state index contributed by atoms with van der Waals surface area (Å²) < 4.78 is 1.24. The van der Waals surface area contributed by atoms with Crippen LogP contribution in [-0.4, -0.2) is 106 Å². The lowest BCUT2D eigenvalue weighted by molar-refractivity contribution is -0.136. The molecule has 3 aromatic rings. The Kier molecular flexibility index (Phi) is 9.56. The Morgan fingerprint density at radius 2 is 1.61 bits per heavy atom. The van der Waals surface area contributed by atoms with E-state index in [1.54, 1.807) is 18.1 Å². The van der Waals surface area contributed by atoms with Gasteiger partial charge in [-0.2, -0.15) is 5.10 Å². The Morgan fingerprint density at radius 3 is 2.33 bits per heavy atom. The molecular weight excluding hydrogens is 644 g/mol. The number of hydrogen-bond acceptors (Lipinski definition) is 9. The molecule has 3 fully saturated rings. The minimum atomic E-state index is -0.592. The number of imide groups is 1. The fourth-order valence-corrected chi connectivity index (χ4v) is 7.97. The van der Waals surface area contributed by atoms with Gasteiger partial charge in [0, 0.05) is 84.0 Å². The molecule has 7 rings (SSSR count). The number of halogens is 1. The van der Waals surface area contributed by atoms with Gasteiger partial charge in [-0.15, -0.1) is 0 Å². The van der Waals surface area contributed by atoms with E-state index in [0.29, 0.717) is 30.1 Å². The third-order valence-corrected chi connectivity index (χ3v) is 10.8. The number of rotatable bonds is 8. The molecule has 49 heavy (non-hydrogen) atoms. The number of benzene rings is 2. The summed E-state index contributed by atoms with van der Waals surface area (Å²) in [6.07, 6.45) is 3.19. The molecule has 4 aliphatic heterocycles. The maximum atomic E-state index is 13.1. The largest absolute Gasteiger partial charge is 0.378 e. The van der Waals surface area contributed by atoms with Gasteiger partial charge in [0.2, 0.25) is 11.8 Å². The number of amides is 3. The molecule has 0 bridgehead atoms.